The minimum absolute atomic E-state index is 0.0302. The Hall–Kier alpha value is -4.60. The number of nitriles is 1. The van der Waals surface area contributed by atoms with Crippen molar-refractivity contribution < 1.29 is 13.9 Å². The van der Waals surface area contributed by atoms with Crippen molar-refractivity contribution in [3.05, 3.63) is 129 Å². The molecule has 0 aromatic heterocycles. The van der Waals surface area contributed by atoms with Gasteiger partial charge in [0.25, 0.3) is 0 Å². The monoisotopic (exact) mass is 577 g/mol. The lowest BCUT2D eigenvalue weighted by Crippen LogP contribution is -2.39. The Balaban J connectivity index is 1.49. The van der Waals surface area contributed by atoms with E-state index in [1.54, 1.807) is 0 Å². The maximum Gasteiger partial charge on any atom is 0.161 e. The third kappa shape index (κ3) is 4.70. The van der Waals surface area contributed by atoms with Gasteiger partial charge in [-0.2, -0.15) is 5.26 Å². The first-order valence-corrected chi connectivity index (χ1v) is 14.3. The maximum absolute atomic E-state index is 13.7. The number of anilines is 1. The number of fused-ring (bicyclic) bond motifs is 1. The summed E-state index contributed by atoms with van der Waals surface area (Å²) in [6, 6.07) is 24.5. The molecule has 2 aliphatic rings. The van der Waals surface area contributed by atoms with Gasteiger partial charge in [-0.15, -0.1) is 0 Å². The largest absolute Gasteiger partial charge is 0.487 e. The molecule has 6 rings (SSSR count). The number of nitrogens with zero attached hydrogens (tertiary/aromatic N) is 2. The van der Waals surface area contributed by atoms with E-state index in [2.05, 4.69) is 6.07 Å². The highest BCUT2D eigenvalue weighted by atomic mass is 35.5. The van der Waals surface area contributed by atoms with Gasteiger partial charge in [0.05, 0.1) is 28.3 Å². The molecule has 5 nitrogen and oxygen atoms in total. The van der Waals surface area contributed by atoms with Crippen molar-refractivity contribution in [1.29, 1.82) is 5.26 Å². The number of Topliss-reactive ketones (excluding diaryl/α,β-unsaturated/α-hetero) is 1. The molecule has 0 saturated heterocycles. The van der Waals surface area contributed by atoms with Gasteiger partial charge in [0, 0.05) is 23.1 Å². The SMILES string of the molecule is Cc1cc(C)c(C2C(C#N)=C(N)N(c3cccc4ccccc34)C3=C2C(=O)CCC3)cc1COc1ccc(F)cc1Cl. The molecule has 1 heterocycles. The summed E-state index contributed by atoms with van der Waals surface area (Å²) in [6.07, 6.45) is 1.80. The molecule has 1 aliphatic carbocycles. The van der Waals surface area contributed by atoms with Crippen LogP contribution in [0.15, 0.2) is 95.5 Å². The van der Waals surface area contributed by atoms with E-state index >= 15 is 0 Å². The van der Waals surface area contributed by atoms with Crippen molar-refractivity contribution in [3.8, 4) is 11.8 Å². The average molecular weight is 578 g/mol. The number of nitrogens with two attached hydrogens (primary N) is 1. The second-order valence-electron chi connectivity index (χ2n) is 10.8. The minimum Gasteiger partial charge on any atom is -0.487 e. The van der Waals surface area contributed by atoms with Crippen molar-refractivity contribution in [2.75, 3.05) is 4.90 Å². The van der Waals surface area contributed by atoms with Gasteiger partial charge in [-0.3, -0.25) is 9.69 Å². The number of ketones is 1. The quantitative estimate of drug-likeness (QED) is 0.259. The number of carbonyl (C=O) groups excluding carboxylic acids is 1. The number of carbonyl (C=O) groups is 1. The second kappa shape index (κ2) is 11.0. The zero-order chi connectivity index (χ0) is 29.5. The van der Waals surface area contributed by atoms with E-state index in [-0.39, 0.29) is 17.4 Å². The van der Waals surface area contributed by atoms with Crippen LogP contribution in [0.1, 0.15) is 47.4 Å². The standard InChI is InChI=1S/C35H29ClFN3O2/c1-20-15-21(2)26(16-23(20)19-42-32-14-13-24(37)17-28(32)36)33-27(18-38)35(39)40(30-11-6-12-31(41)34(30)33)29-10-5-8-22-7-3-4-9-25(22)29/h3-5,7-10,13-17,33H,6,11-12,19,39H2,1-2H3. The maximum atomic E-state index is 13.7. The van der Waals surface area contributed by atoms with Crippen LogP contribution in [0.4, 0.5) is 10.1 Å². The Morgan fingerprint density at radius 3 is 2.62 bits per heavy atom. The Bertz CT molecular complexity index is 1870. The van der Waals surface area contributed by atoms with Crippen LogP contribution in [0.2, 0.25) is 5.02 Å². The van der Waals surface area contributed by atoms with Gasteiger partial charge in [0.1, 0.15) is 24.0 Å². The molecule has 210 valence electrons. The Kier molecular flexibility index (Phi) is 7.22. The molecule has 1 aliphatic heterocycles. The summed E-state index contributed by atoms with van der Waals surface area (Å²) in [5.41, 5.74) is 13.2. The van der Waals surface area contributed by atoms with Gasteiger partial charge >= 0.3 is 0 Å². The van der Waals surface area contributed by atoms with Crippen LogP contribution >= 0.6 is 11.6 Å². The molecule has 0 saturated carbocycles. The summed E-state index contributed by atoms with van der Waals surface area (Å²) in [5.74, 6) is -0.300. The predicted molar refractivity (Wildman–Crippen MR) is 164 cm³/mol. The van der Waals surface area contributed by atoms with Crippen LogP contribution in [0.3, 0.4) is 0 Å². The van der Waals surface area contributed by atoms with Crippen LogP contribution in [0.25, 0.3) is 10.8 Å². The fourth-order valence-corrected chi connectivity index (χ4v) is 6.43. The lowest BCUT2D eigenvalue weighted by atomic mass is 9.74. The molecule has 42 heavy (non-hydrogen) atoms. The number of allylic oxidation sites excluding steroid dienone is 3. The highest BCUT2D eigenvalue weighted by molar-refractivity contribution is 6.32. The van der Waals surface area contributed by atoms with Crippen molar-refractivity contribution >= 4 is 33.8 Å². The molecule has 0 spiro atoms. The van der Waals surface area contributed by atoms with Crippen molar-refractivity contribution in [2.24, 2.45) is 5.73 Å². The van der Waals surface area contributed by atoms with E-state index in [1.165, 1.54) is 18.2 Å². The molecule has 0 bridgehead atoms. The lowest BCUT2D eigenvalue weighted by Gasteiger charge is -2.40. The average Bonchev–Trinajstić information content (AvgIpc) is 2.97. The Labute approximate surface area is 249 Å². The summed E-state index contributed by atoms with van der Waals surface area (Å²) >= 11 is 6.19. The summed E-state index contributed by atoms with van der Waals surface area (Å²) in [4.78, 5) is 15.7. The summed E-state index contributed by atoms with van der Waals surface area (Å²) in [7, 11) is 0. The van der Waals surface area contributed by atoms with Crippen LogP contribution in [-0.2, 0) is 11.4 Å². The molecule has 0 fully saturated rings. The first kappa shape index (κ1) is 27.6. The number of ether oxygens (including phenoxy) is 1. The van der Waals surface area contributed by atoms with Gasteiger partial charge in [0.2, 0.25) is 0 Å². The third-order valence-electron chi connectivity index (χ3n) is 8.23. The Morgan fingerprint density at radius 2 is 1.83 bits per heavy atom. The molecule has 1 unspecified atom stereocenters. The fourth-order valence-electron chi connectivity index (χ4n) is 6.21. The Morgan fingerprint density at radius 1 is 1.05 bits per heavy atom. The molecule has 1 atom stereocenters. The van der Waals surface area contributed by atoms with E-state index in [0.717, 1.165) is 44.4 Å². The first-order valence-electron chi connectivity index (χ1n) is 13.9. The van der Waals surface area contributed by atoms with Gasteiger partial charge in [-0.05, 0) is 78.6 Å². The minimum atomic E-state index is -0.599. The van der Waals surface area contributed by atoms with Crippen molar-refractivity contribution in [2.45, 2.75) is 45.6 Å². The molecule has 7 heteroatoms. The van der Waals surface area contributed by atoms with Gasteiger partial charge in [-0.1, -0.05) is 60.1 Å². The number of hydrogen-bond acceptors (Lipinski definition) is 5. The molecular weight excluding hydrogens is 549 g/mol. The number of benzene rings is 4. The summed E-state index contributed by atoms with van der Waals surface area (Å²) in [5, 5.41) is 12.8. The molecule has 4 aromatic carbocycles. The van der Waals surface area contributed by atoms with Gasteiger partial charge in [0.15, 0.2) is 5.78 Å². The van der Waals surface area contributed by atoms with E-state index in [0.29, 0.717) is 42.0 Å². The third-order valence-corrected chi connectivity index (χ3v) is 8.53. The van der Waals surface area contributed by atoms with Crippen LogP contribution in [0.5, 0.6) is 5.75 Å². The van der Waals surface area contributed by atoms with E-state index in [9.17, 15) is 14.4 Å². The van der Waals surface area contributed by atoms with Crippen molar-refractivity contribution in [3.63, 3.8) is 0 Å². The van der Waals surface area contributed by atoms with E-state index < -0.39 is 11.7 Å². The lowest BCUT2D eigenvalue weighted by molar-refractivity contribution is -0.116. The summed E-state index contributed by atoms with van der Waals surface area (Å²) < 4.78 is 19.5. The molecule has 2 N–H and O–H groups in total. The smallest absolute Gasteiger partial charge is 0.161 e. The molecule has 4 aromatic rings. The molecule has 0 amide bonds. The van der Waals surface area contributed by atoms with Crippen LogP contribution < -0.4 is 15.4 Å². The number of rotatable bonds is 5. The molecular formula is C35H29ClFN3O2. The van der Waals surface area contributed by atoms with Gasteiger partial charge in [-0.25, -0.2) is 4.39 Å². The second-order valence-corrected chi connectivity index (χ2v) is 11.2. The molecule has 0 radical (unpaired) electrons. The zero-order valence-electron chi connectivity index (χ0n) is 23.4. The number of aryl methyl sites for hydroxylation is 2. The predicted octanol–water partition coefficient (Wildman–Crippen LogP) is 8.13. The normalized spacial score (nSPS) is 17.0. The van der Waals surface area contributed by atoms with Crippen molar-refractivity contribution in [1.82, 2.24) is 0 Å². The van der Waals surface area contributed by atoms with Gasteiger partial charge < -0.3 is 10.5 Å². The van der Waals surface area contributed by atoms with Crippen LogP contribution in [-0.4, -0.2) is 5.78 Å². The van der Waals surface area contributed by atoms with Crippen LogP contribution in [0, 0.1) is 31.0 Å². The topological polar surface area (TPSA) is 79.4 Å². The number of halogens is 2. The zero-order valence-corrected chi connectivity index (χ0v) is 24.1. The highest BCUT2D eigenvalue weighted by Crippen LogP contribution is 2.48. The number of hydrogen-bond donors (Lipinski definition) is 1. The van der Waals surface area contributed by atoms with E-state index in [4.69, 9.17) is 22.1 Å². The summed E-state index contributed by atoms with van der Waals surface area (Å²) in [6.45, 7) is 4.15. The fraction of sp³-hybridized carbons (Fsp3) is 0.200. The van der Waals surface area contributed by atoms with E-state index in [1.807, 2.05) is 73.3 Å². The first-order chi connectivity index (χ1) is 20.3. The highest BCUT2D eigenvalue weighted by Gasteiger charge is 2.41.